The van der Waals surface area contributed by atoms with Crippen LogP contribution in [-0.2, 0) is 19.2 Å². The van der Waals surface area contributed by atoms with Crippen LogP contribution in [0.25, 0.3) is 0 Å². The summed E-state index contributed by atoms with van der Waals surface area (Å²) < 4.78 is 0. The van der Waals surface area contributed by atoms with Crippen molar-refractivity contribution in [1.82, 2.24) is 10.2 Å². The number of nitrogens with zero attached hydrogens (tertiary/aromatic N) is 1. The SMILES string of the molecule is CCSCSCC(=O)CCCCNC(=O)C(CN)N1C(=O)C=CC1=O. The van der Waals surface area contributed by atoms with Gasteiger partial charge in [0.1, 0.15) is 11.8 Å². The highest BCUT2D eigenvalue weighted by atomic mass is 32.2. The van der Waals surface area contributed by atoms with Crippen molar-refractivity contribution in [3.63, 3.8) is 0 Å². The second-order valence-electron chi connectivity index (χ2n) is 5.38. The topological polar surface area (TPSA) is 110 Å². The Balaban J connectivity index is 2.20. The van der Waals surface area contributed by atoms with E-state index in [-0.39, 0.29) is 12.3 Å². The van der Waals surface area contributed by atoms with Crippen LogP contribution in [0.2, 0.25) is 0 Å². The van der Waals surface area contributed by atoms with Crippen molar-refractivity contribution in [2.75, 3.05) is 29.7 Å². The Kier molecular flexibility index (Phi) is 10.5. The van der Waals surface area contributed by atoms with E-state index in [1.165, 1.54) is 0 Å². The van der Waals surface area contributed by atoms with Gasteiger partial charge in [0.05, 0.1) is 5.75 Å². The molecule has 1 rings (SSSR count). The smallest absolute Gasteiger partial charge is 0.254 e. The van der Waals surface area contributed by atoms with Crippen molar-refractivity contribution >= 4 is 47.0 Å². The standard InChI is InChI=1S/C16H25N3O4S2/c1-2-24-11-25-10-12(20)5-3-4-8-18-16(23)13(9-17)19-14(21)6-7-15(19)22/h6-7,13H,2-5,8-11,17H2,1H3,(H,18,23). The van der Waals surface area contributed by atoms with Gasteiger partial charge in [0, 0.05) is 36.7 Å². The molecule has 1 heterocycles. The molecule has 0 bridgehead atoms. The number of nitrogens with one attached hydrogen (secondary N) is 1. The second kappa shape index (κ2) is 12.1. The summed E-state index contributed by atoms with van der Waals surface area (Å²) >= 11 is 3.43. The zero-order valence-electron chi connectivity index (χ0n) is 14.4. The lowest BCUT2D eigenvalue weighted by Crippen LogP contribution is -2.53. The van der Waals surface area contributed by atoms with Gasteiger partial charge in [-0.1, -0.05) is 6.92 Å². The van der Waals surface area contributed by atoms with Crippen LogP contribution < -0.4 is 11.1 Å². The Morgan fingerprint density at radius 2 is 1.88 bits per heavy atom. The van der Waals surface area contributed by atoms with Crippen molar-refractivity contribution < 1.29 is 19.2 Å². The normalized spacial score (nSPS) is 14.9. The number of thioether (sulfide) groups is 2. The van der Waals surface area contributed by atoms with Crippen LogP contribution in [0.5, 0.6) is 0 Å². The highest BCUT2D eigenvalue weighted by Crippen LogP contribution is 2.12. The van der Waals surface area contributed by atoms with Crippen LogP contribution in [0.4, 0.5) is 0 Å². The molecule has 0 aromatic carbocycles. The fraction of sp³-hybridized carbons (Fsp3) is 0.625. The van der Waals surface area contributed by atoms with Crippen molar-refractivity contribution in [2.45, 2.75) is 32.2 Å². The number of rotatable bonds is 13. The van der Waals surface area contributed by atoms with Gasteiger partial charge in [-0.15, -0.1) is 11.8 Å². The number of unbranched alkanes of at least 4 members (excludes halogenated alkanes) is 1. The zero-order valence-corrected chi connectivity index (χ0v) is 16.0. The molecule has 0 radical (unpaired) electrons. The first-order valence-corrected chi connectivity index (χ1v) is 10.5. The van der Waals surface area contributed by atoms with Crippen LogP contribution in [0.1, 0.15) is 26.2 Å². The summed E-state index contributed by atoms with van der Waals surface area (Å²) in [7, 11) is 0. The molecule has 7 nitrogen and oxygen atoms in total. The van der Waals surface area contributed by atoms with E-state index < -0.39 is 23.8 Å². The van der Waals surface area contributed by atoms with Crippen molar-refractivity contribution in [1.29, 1.82) is 0 Å². The second-order valence-corrected chi connectivity index (χ2v) is 8.00. The third-order valence-corrected chi connectivity index (χ3v) is 5.76. The quantitative estimate of drug-likeness (QED) is 0.270. The Morgan fingerprint density at radius 3 is 2.48 bits per heavy atom. The lowest BCUT2D eigenvalue weighted by Gasteiger charge is -2.23. The molecule has 0 aromatic heterocycles. The van der Waals surface area contributed by atoms with Gasteiger partial charge in [-0.05, 0) is 18.6 Å². The summed E-state index contributed by atoms with van der Waals surface area (Å²) in [4.78, 5) is 47.9. The molecule has 0 fully saturated rings. The van der Waals surface area contributed by atoms with Gasteiger partial charge in [-0.25, -0.2) is 0 Å². The molecule has 0 saturated carbocycles. The highest BCUT2D eigenvalue weighted by Gasteiger charge is 2.34. The first-order chi connectivity index (χ1) is 12.0. The maximum Gasteiger partial charge on any atom is 0.254 e. The molecular weight excluding hydrogens is 362 g/mol. The summed E-state index contributed by atoms with van der Waals surface area (Å²) in [5.41, 5.74) is 5.53. The van der Waals surface area contributed by atoms with E-state index in [2.05, 4.69) is 12.2 Å². The number of hydrogen-bond donors (Lipinski definition) is 2. The summed E-state index contributed by atoms with van der Waals surface area (Å²) in [6.07, 6.45) is 4.09. The molecule has 1 aliphatic rings. The van der Waals surface area contributed by atoms with Gasteiger partial charge in [0.25, 0.3) is 11.8 Å². The number of imide groups is 1. The number of ketones is 1. The Labute approximate surface area is 156 Å². The molecule has 0 aromatic rings. The van der Waals surface area contributed by atoms with Crippen molar-refractivity contribution in [3.05, 3.63) is 12.2 Å². The Bertz CT molecular complexity index is 508. The molecule has 1 aliphatic heterocycles. The van der Waals surface area contributed by atoms with E-state index in [1.54, 1.807) is 23.5 Å². The molecule has 25 heavy (non-hydrogen) atoms. The molecule has 1 unspecified atom stereocenters. The molecule has 0 spiro atoms. The third kappa shape index (κ3) is 7.62. The van der Waals surface area contributed by atoms with E-state index in [0.717, 1.165) is 27.9 Å². The number of carbonyl (C=O) groups is 4. The predicted octanol–water partition coefficient (Wildman–Crippen LogP) is 0.538. The zero-order chi connectivity index (χ0) is 18.7. The molecule has 3 amide bonds. The number of hydrogen-bond acceptors (Lipinski definition) is 7. The van der Waals surface area contributed by atoms with E-state index in [1.807, 2.05) is 0 Å². The fourth-order valence-corrected chi connectivity index (χ4v) is 4.04. The fourth-order valence-electron chi connectivity index (χ4n) is 2.20. The molecule has 3 N–H and O–H groups in total. The maximum absolute atomic E-state index is 12.1. The van der Waals surface area contributed by atoms with Gasteiger partial charge in [0.15, 0.2) is 0 Å². The molecule has 1 atom stereocenters. The predicted molar refractivity (Wildman–Crippen MR) is 101 cm³/mol. The number of amides is 3. The van der Waals surface area contributed by atoms with Crippen LogP contribution in [-0.4, -0.2) is 64.1 Å². The van der Waals surface area contributed by atoms with E-state index in [9.17, 15) is 19.2 Å². The van der Waals surface area contributed by atoms with Crippen LogP contribution in [0.15, 0.2) is 12.2 Å². The average Bonchev–Trinajstić information content (AvgIpc) is 2.91. The first-order valence-electron chi connectivity index (χ1n) is 8.21. The highest BCUT2D eigenvalue weighted by molar-refractivity contribution is 8.16. The molecule has 0 aliphatic carbocycles. The van der Waals surface area contributed by atoms with E-state index >= 15 is 0 Å². The monoisotopic (exact) mass is 387 g/mol. The van der Waals surface area contributed by atoms with Gasteiger partial charge in [-0.2, -0.15) is 11.8 Å². The van der Waals surface area contributed by atoms with Crippen molar-refractivity contribution in [3.8, 4) is 0 Å². The summed E-state index contributed by atoms with van der Waals surface area (Å²) in [5, 5.41) is 3.60. The Hall–Kier alpha value is -1.32. The lowest BCUT2D eigenvalue weighted by atomic mass is 10.2. The summed E-state index contributed by atoms with van der Waals surface area (Å²) in [6, 6.07) is -0.996. The van der Waals surface area contributed by atoms with Gasteiger partial charge in [0.2, 0.25) is 5.91 Å². The Morgan fingerprint density at radius 1 is 1.20 bits per heavy atom. The van der Waals surface area contributed by atoms with Crippen LogP contribution in [0.3, 0.4) is 0 Å². The van der Waals surface area contributed by atoms with Crippen LogP contribution >= 0.6 is 23.5 Å². The minimum Gasteiger partial charge on any atom is -0.354 e. The van der Waals surface area contributed by atoms with Crippen LogP contribution in [0, 0.1) is 0 Å². The largest absolute Gasteiger partial charge is 0.354 e. The maximum atomic E-state index is 12.1. The summed E-state index contributed by atoms with van der Waals surface area (Å²) in [6.45, 7) is 2.34. The van der Waals surface area contributed by atoms with Gasteiger partial charge < -0.3 is 11.1 Å². The van der Waals surface area contributed by atoms with E-state index in [4.69, 9.17) is 5.73 Å². The molecule has 9 heteroatoms. The minimum atomic E-state index is -0.996. The first kappa shape index (κ1) is 21.7. The van der Waals surface area contributed by atoms with Crippen molar-refractivity contribution in [2.24, 2.45) is 5.73 Å². The molecule has 0 saturated heterocycles. The average molecular weight is 388 g/mol. The number of nitrogens with two attached hydrogens (primary N) is 1. The van der Waals surface area contributed by atoms with E-state index in [0.29, 0.717) is 31.6 Å². The minimum absolute atomic E-state index is 0.128. The number of carbonyl (C=O) groups excluding carboxylic acids is 4. The van der Waals surface area contributed by atoms with Gasteiger partial charge >= 0.3 is 0 Å². The number of Topliss-reactive ketones (excluding diaryl/α,β-unsaturated/α-hetero) is 1. The van der Waals surface area contributed by atoms with Gasteiger partial charge in [-0.3, -0.25) is 24.1 Å². The molecular formula is C16H25N3O4S2. The summed E-state index contributed by atoms with van der Waals surface area (Å²) in [5.74, 6) is 0.286. The third-order valence-electron chi connectivity index (χ3n) is 3.50. The lowest BCUT2D eigenvalue weighted by molar-refractivity contribution is -0.145. The molecule has 140 valence electrons.